The van der Waals surface area contributed by atoms with Gasteiger partial charge in [0.15, 0.2) is 0 Å². The molecule has 0 aliphatic carbocycles. The number of carbonyl (C=O) groups is 1. The van der Waals surface area contributed by atoms with Crippen molar-refractivity contribution in [2.24, 2.45) is 0 Å². The third kappa shape index (κ3) is 4.99. The van der Waals surface area contributed by atoms with Gasteiger partial charge in [0.05, 0.1) is 16.7 Å². The number of amides is 1. The number of aromatic amines is 1. The summed E-state index contributed by atoms with van der Waals surface area (Å²) in [5.41, 5.74) is 0.606. The summed E-state index contributed by atoms with van der Waals surface area (Å²) in [5.74, 6) is 2.23. The molecule has 1 aromatic carbocycles. The monoisotopic (exact) mass is 396 g/mol. The molecule has 0 radical (unpaired) electrons. The molecule has 1 atom stereocenters. The first-order valence-electron chi connectivity index (χ1n) is 8.69. The molecule has 3 rings (SSSR count). The number of nitrogens with one attached hydrogen (secondary N) is 2. The van der Waals surface area contributed by atoms with Gasteiger partial charge in [-0.2, -0.15) is 11.8 Å². The number of H-pyrrole nitrogens is 1. The van der Waals surface area contributed by atoms with Crippen molar-refractivity contribution in [1.29, 1.82) is 0 Å². The van der Waals surface area contributed by atoms with Gasteiger partial charge in [-0.05, 0) is 32.0 Å². The van der Waals surface area contributed by atoms with Crippen LogP contribution >= 0.6 is 24.2 Å². The lowest BCUT2D eigenvalue weighted by Gasteiger charge is -2.24. The fourth-order valence-corrected chi connectivity index (χ4v) is 4.08. The molecule has 1 aliphatic rings. The van der Waals surface area contributed by atoms with Crippen LogP contribution in [0.2, 0.25) is 0 Å². The van der Waals surface area contributed by atoms with Crippen molar-refractivity contribution < 1.29 is 4.79 Å². The van der Waals surface area contributed by atoms with Gasteiger partial charge in [0.1, 0.15) is 5.82 Å². The lowest BCUT2D eigenvalue weighted by Crippen LogP contribution is -2.40. The highest BCUT2D eigenvalue weighted by molar-refractivity contribution is 7.98. The van der Waals surface area contributed by atoms with Gasteiger partial charge < -0.3 is 15.2 Å². The summed E-state index contributed by atoms with van der Waals surface area (Å²) in [7, 11) is 1.92. The Morgan fingerprint density at radius 3 is 3.04 bits per heavy atom. The second kappa shape index (κ2) is 9.94. The first-order chi connectivity index (χ1) is 12.2. The number of para-hydroxylation sites is 1. The van der Waals surface area contributed by atoms with E-state index >= 15 is 0 Å². The largest absolute Gasteiger partial charge is 0.338 e. The molecular weight excluding hydrogens is 372 g/mol. The Bertz CT molecular complexity index is 798. The Morgan fingerprint density at radius 1 is 1.42 bits per heavy atom. The maximum absolute atomic E-state index is 12.4. The fraction of sp³-hybridized carbons (Fsp3) is 0.500. The zero-order chi connectivity index (χ0) is 17.6. The molecule has 1 amide bonds. The van der Waals surface area contributed by atoms with Gasteiger partial charge >= 0.3 is 0 Å². The number of nitrogens with zero attached hydrogens (tertiary/aromatic N) is 2. The average Bonchev–Trinajstić information content (AvgIpc) is 3.07. The van der Waals surface area contributed by atoms with Crippen LogP contribution in [0.5, 0.6) is 0 Å². The van der Waals surface area contributed by atoms with Gasteiger partial charge in [0, 0.05) is 31.3 Å². The molecule has 0 spiro atoms. The van der Waals surface area contributed by atoms with Crippen molar-refractivity contribution in [2.45, 2.75) is 31.1 Å². The Labute approximate surface area is 163 Å². The minimum absolute atomic E-state index is 0. The SMILES string of the molecule is CNCC1CCCN1C(=O)CCSCc1nc2ccccc2c(=O)[nH]1.Cl. The number of likely N-dealkylation sites (N-methyl/N-ethyl adjacent to an activating group) is 1. The standard InChI is InChI=1S/C18H24N4O2S.ClH/c1-19-11-13-5-4-9-22(13)17(23)8-10-25-12-16-20-15-7-3-2-6-14(15)18(24)21-16;/h2-3,6-7,13,19H,4-5,8-12H2,1H3,(H,20,21,24);1H. The molecule has 26 heavy (non-hydrogen) atoms. The molecule has 1 fully saturated rings. The van der Waals surface area contributed by atoms with E-state index in [4.69, 9.17) is 0 Å². The van der Waals surface area contributed by atoms with Crippen LogP contribution in [0.4, 0.5) is 0 Å². The summed E-state index contributed by atoms with van der Waals surface area (Å²) < 4.78 is 0. The summed E-state index contributed by atoms with van der Waals surface area (Å²) in [6.45, 7) is 1.73. The molecule has 0 saturated carbocycles. The third-order valence-corrected chi connectivity index (χ3v) is 5.47. The van der Waals surface area contributed by atoms with Gasteiger partial charge in [-0.3, -0.25) is 9.59 Å². The van der Waals surface area contributed by atoms with Gasteiger partial charge in [-0.25, -0.2) is 4.98 Å². The average molecular weight is 397 g/mol. The lowest BCUT2D eigenvalue weighted by molar-refractivity contribution is -0.131. The zero-order valence-corrected chi connectivity index (χ0v) is 16.5. The molecule has 1 aliphatic heterocycles. The Balaban J connectivity index is 0.00000243. The number of aromatic nitrogens is 2. The number of fused-ring (bicyclic) bond motifs is 1. The number of thioether (sulfide) groups is 1. The van der Waals surface area contributed by atoms with E-state index in [-0.39, 0.29) is 23.9 Å². The molecule has 8 heteroatoms. The van der Waals surface area contributed by atoms with Crippen LogP contribution < -0.4 is 10.9 Å². The quantitative estimate of drug-likeness (QED) is 0.701. The smallest absolute Gasteiger partial charge is 0.258 e. The number of halogens is 1. The van der Waals surface area contributed by atoms with E-state index in [0.29, 0.717) is 34.9 Å². The predicted molar refractivity (Wildman–Crippen MR) is 109 cm³/mol. The van der Waals surface area contributed by atoms with E-state index < -0.39 is 0 Å². The molecule has 6 nitrogen and oxygen atoms in total. The van der Waals surface area contributed by atoms with Gasteiger partial charge in [-0.15, -0.1) is 12.4 Å². The molecule has 1 unspecified atom stereocenters. The van der Waals surface area contributed by atoms with Crippen LogP contribution in [-0.4, -0.2) is 52.7 Å². The Morgan fingerprint density at radius 2 is 2.23 bits per heavy atom. The molecular formula is C18H25ClN4O2S. The van der Waals surface area contributed by atoms with E-state index in [9.17, 15) is 9.59 Å². The second-order valence-electron chi connectivity index (χ2n) is 6.27. The number of rotatable bonds is 7. The highest BCUT2D eigenvalue weighted by Crippen LogP contribution is 2.19. The second-order valence-corrected chi connectivity index (χ2v) is 7.38. The Hall–Kier alpha value is -1.57. The zero-order valence-electron chi connectivity index (χ0n) is 14.9. The predicted octanol–water partition coefficient (Wildman–Crippen LogP) is 2.18. The van der Waals surface area contributed by atoms with Crippen LogP contribution in [0.15, 0.2) is 29.1 Å². The lowest BCUT2D eigenvalue weighted by atomic mass is 10.2. The fourth-order valence-electron chi connectivity index (χ4n) is 3.29. The van der Waals surface area contributed by atoms with Crippen molar-refractivity contribution in [1.82, 2.24) is 20.2 Å². The molecule has 2 heterocycles. The highest BCUT2D eigenvalue weighted by atomic mass is 35.5. The van der Waals surface area contributed by atoms with E-state index in [1.807, 2.05) is 30.1 Å². The summed E-state index contributed by atoms with van der Waals surface area (Å²) >= 11 is 1.63. The van der Waals surface area contributed by atoms with Crippen LogP contribution in [-0.2, 0) is 10.5 Å². The first-order valence-corrected chi connectivity index (χ1v) is 9.84. The normalized spacial score (nSPS) is 16.7. The maximum Gasteiger partial charge on any atom is 0.258 e. The molecule has 1 aromatic heterocycles. The summed E-state index contributed by atoms with van der Waals surface area (Å²) in [5, 5.41) is 3.77. The van der Waals surface area contributed by atoms with E-state index in [1.54, 1.807) is 17.8 Å². The molecule has 2 N–H and O–H groups in total. The van der Waals surface area contributed by atoms with Gasteiger partial charge in [0.25, 0.3) is 5.56 Å². The van der Waals surface area contributed by atoms with Crippen LogP contribution in [0.25, 0.3) is 10.9 Å². The van der Waals surface area contributed by atoms with Crippen molar-refractivity contribution >= 4 is 41.0 Å². The minimum atomic E-state index is -0.107. The van der Waals surface area contributed by atoms with Crippen molar-refractivity contribution in [3.8, 4) is 0 Å². The van der Waals surface area contributed by atoms with Gasteiger partial charge in [-0.1, -0.05) is 12.1 Å². The van der Waals surface area contributed by atoms with Crippen LogP contribution in [0, 0.1) is 0 Å². The number of carbonyl (C=O) groups excluding carboxylic acids is 1. The third-order valence-electron chi connectivity index (χ3n) is 4.50. The van der Waals surface area contributed by atoms with Crippen LogP contribution in [0.1, 0.15) is 25.1 Å². The van der Waals surface area contributed by atoms with E-state index in [1.165, 1.54) is 0 Å². The maximum atomic E-state index is 12.4. The summed E-state index contributed by atoms with van der Waals surface area (Å²) in [4.78, 5) is 33.7. The molecule has 1 saturated heterocycles. The number of hydrogen-bond donors (Lipinski definition) is 2. The van der Waals surface area contributed by atoms with Crippen molar-refractivity contribution in [3.05, 3.63) is 40.4 Å². The van der Waals surface area contributed by atoms with E-state index in [2.05, 4.69) is 15.3 Å². The molecule has 2 aromatic rings. The van der Waals surface area contributed by atoms with Crippen molar-refractivity contribution in [2.75, 3.05) is 25.9 Å². The van der Waals surface area contributed by atoms with Crippen molar-refractivity contribution in [3.63, 3.8) is 0 Å². The molecule has 0 bridgehead atoms. The van der Waals surface area contributed by atoms with E-state index in [0.717, 1.165) is 31.7 Å². The Kier molecular flexibility index (Phi) is 7.93. The number of likely N-dealkylation sites (tertiary alicyclic amines) is 1. The van der Waals surface area contributed by atoms with Crippen LogP contribution in [0.3, 0.4) is 0 Å². The first kappa shape index (κ1) is 20.7. The highest BCUT2D eigenvalue weighted by Gasteiger charge is 2.27. The molecule has 142 valence electrons. The number of benzene rings is 1. The topological polar surface area (TPSA) is 78.1 Å². The number of hydrogen-bond acceptors (Lipinski definition) is 5. The minimum Gasteiger partial charge on any atom is -0.338 e. The summed E-state index contributed by atoms with van der Waals surface area (Å²) in [6, 6.07) is 7.66. The van der Waals surface area contributed by atoms with Gasteiger partial charge in [0.2, 0.25) is 5.91 Å². The summed E-state index contributed by atoms with van der Waals surface area (Å²) in [6.07, 6.45) is 2.71.